The number of fused-ring (bicyclic) bond motifs is 1. The molecular weight excluding hydrogens is 404 g/mol. The van der Waals surface area contributed by atoms with Crippen LogP contribution in [0.5, 0.6) is 0 Å². The molecular formula is C19H28N8O2S. The fourth-order valence-corrected chi connectivity index (χ4v) is 4.39. The van der Waals surface area contributed by atoms with E-state index in [0.717, 1.165) is 16.8 Å². The van der Waals surface area contributed by atoms with Crippen LogP contribution in [0.1, 0.15) is 5.56 Å². The maximum absolute atomic E-state index is 12.4. The molecule has 3 rings (SSSR count). The van der Waals surface area contributed by atoms with Crippen LogP contribution < -0.4 is 26.4 Å². The Morgan fingerprint density at radius 1 is 1.03 bits per heavy atom. The Labute approximate surface area is 176 Å². The molecule has 1 aromatic carbocycles. The minimum Gasteiger partial charge on any atom is -0.383 e. The van der Waals surface area contributed by atoms with Crippen LogP contribution >= 0.6 is 0 Å². The minimum atomic E-state index is -3.41. The zero-order valence-electron chi connectivity index (χ0n) is 17.4. The van der Waals surface area contributed by atoms with E-state index >= 15 is 0 Å². The molecule has 0 spiro atoms. The Morgan fingerprint density at radius 3 is 2.40 bits per heavy atom. The van der Waals surface area contributed by atoms with Gasteiger partial charge in [-0.3, -0.25) is 0 Å². The summed E-state index contributed by atoms with van der Waals surface area (Å²) in [5, 5.41) is 9.19. The monoisotopic (exact) mass is 432 g/mol. The third kappa shape index (κ3) is 4.57. The predicted octanol–water partition coefficient (Wildman–Crippen LogP) is 1.30. The zero-order chi connectivity index (χ0) is 21.7. The molecule has 0 aliphatic heterocycles. The summed E-state index contributed by atoms with van der Waals surface area (Å²) in [5.74, 6) is 1.50. The van der Waals surface area contributed by atoms with Crippen molar-refractivity contribution in [3.8, 4) is 0 Å². The first kappa shape index (κ1) is 21.7. The van der Waals surface area contributed by atoms with Gasteiger partial charge in [0, 0.05) is 34.2 Å². The van der Waals surface area contributed by atoms with Crippen LogP contribution in [0.4, 0.5) is 23.3 Å². The summed E-state index contributed by atoms with van der Waals surface area (Å²) in [6.45, 7) is 0.593. The van der Waals surface area contributed by atoms with Crippen molar-refractivity contribution in [2.75, 3.05) is 55.1 Å². The molecule has 3 aromatic rings. The van der Waals surface area contributed by atoms with Gasteiger partial charge in [-0.05, 0) is 12.0 Å². The maximum Gasteiger partial charge on any atom is 0.211 e. The van der Waals surface area contributed by atoms with Gasteiger partial charge in [-0.1, -0.05) is 30.3 Å². The highest BCUT2D eigenvalue weighted by atomic mass is 32.2. The predicted molar refractivity (Wildman–Crippen MR) is 123 cm³/mol. The Hall–Kier alpha value is -3.05. The molecule has 162 valence electrons. The lowest BCUT2D eigenvalue weighted by atomic mass is 10.2. The summed E-state index contributed by atoms with van der Waals surface area (Å²) >= 11 is 0. The number of aromatic nitrogens is 3. The van der Waals surface area contributed by atoms with Gasteiger partial charge in [0.15, 0.2) is 11.6 Å². The van der Waals surface area contributed by atoms with Crippen LogP contribution in [0.25, 0.3) is 11.0 Å². The molecule has 2 heterocycles. The van der Waals surface area contributed by atoms with Gasteiger partial charge in [-0.15, -0.1) is 0 Å². The SMILES string of the molecule is CNc1nc(N)c2nc(NC)n(CCNS(=O)(=O)CCc3ccccc3)c2c1NC. The number of imidazole rings is 1. The average Bonchev–Trinajstić information content (AvgIpc) is 3.12. The summed E-state index contributed by atoms with van der Waals surface area (Å²) in [6.07, 6.45) is 0.462. The number of nitrogen functional groups attached to an aromatic ring is 1. The van der Waals surface area contributed by atoms with Gasteiger partial charge < -0.3 is 26.3 Å². The summed E-state index contributed by atoms with van der Waals surface area (Å²) in [5.41, 5.74) is 9.12. The second-order valence-electron chi connectivity index (χ2n) is 6.70. The van der Waals surface area contributed by atoms with E-state index in [1.165, 1.54) is 0 Å². The van der Waals surface area contributed by atoms with Crippen molar-refractivity contribution in [3.63, 3.8) is 0 Å². The van der Waals surface area contributed by atoms with Gasteiger partial charge in [0.2, 0.25) is 16.0 Å². The van der Waals surface area contributed by atoms with Gasteiger partial charge in [0.05, 0.1) is 5.75 Å². The van der Waals surface area contributed by atoms with E-state index in [-0.39, 0.29) is 12.3 Å². The maximum atomic E-state index is 12.4. The van der Waals surface area contributed by atoms with Crippen LogP contribution in [0.15, 0.2) is 30.3 Å². The molecule has 0 saturated heterocycles. The first-order valence-electron chi connectivity index (χ1n) is 9.64. The molecule has 10 nitrogen and oxygen atoms in total. The fraction of sp³-hybridized carbons (Fsp3) is 0.368. The number of nitrogens with zero attached hydrogens (tertiary/aromatic N) is 3. The highest BCUT2D eigenvalue weighted by Gasteiger charge is 2.20. The van der Waals surface area contributed by atoms with Gasteiger partial charge in [0.1, 0.15) is 16.7 Å². The van der Waals surface area contributed by atoms with Gasteiger partial charge in [0.25, 0.3) is 0 Å². The Bertz CT molecular complexity index is 1110. The summed E-state index contributed by atoms with van der Waals surface area (Å²) < 4.78 is 29.4. The molecule has 0 saturated carbocycles. The number of sulfonamides is 1. The Kier molecular flexibility index (Phi) is 6.63. The molecule has 6 N–H and O–H groups in total. The second kappa shape index (κ2) is 9.18. The quantitative estimate of drug-likeness (QED) is 0.323. The van der Waals surface area contributed by atoms with Crippen LogP contribution in [0.3, 0.4) is 0 Å². The van der Waals surface area contributed by atoms with E-state index in [0.29, 0.717) is 36.1 Å². The van der Waals surface area contributed by atoms with E-state index in [9.17, 15) is 8.42 Å². The third-order valence-electron chi connectivity index (χ3n) is 4.79. The smallest absolute Gasteiger partial charge is 0.211 e. The van der Waals surface area contributed by atoms with Crippen molar-refractivity contribution in [1.82, 2.24) is 19.3 Å². The number of nitrogens with two attached hydrogens (primary N) is 1. The van der Waals surface area contributed by atoms with E-state index in [4.69, 9.17) is 5.73 Å². The molecule has 0 bridgehead atoms. The normalized spacial score (nSPS) is 11.6. The molecule has 0 aliphatic carbocycles. The average molecular weight is 433 g/mol. The number of aryl methyl sites for hydroxylation is 1. The van der Waals surface area contributed by atoms with E-state index in [1.807, 2.05) is 34.9 Å². The molecule has 2 aromatic heterocycles. The van der Waals surface area contributed by atoms with E-state index in [1.54, 1.807) is 21.1 Å². The summed E-state index contributed by atoms with van der Waals surface area (Å²) in [4.78, 5) is 8.87. The highest BCUT2D eigenvalue weighted by molar-refractivity contribution is 7.89. The zero-order valence-corrected chi connectivity index (χ0v) is 18.2. The summed E-state index contributed by atoms with van der Waals surface area (Å²) in [6, 6.07) is 9.55. The van der Waals surface area contributed by atoms with Crippen molar-refractivity contribution in [1.29, 1.82) is 0 Å². The largest absolute Gasteiger partial charge is 0.383 e. The Morgan fingerprint density at radius 2 is 1.77 bits per heavy atom. The lowest BCUT2D eigenvalue weighted by Gasteiger charge is -2.14. The number of nitrogens with one attached hydrogen (secondary N) is 4. The molecule has 0 radical (unpaired) electrons. The lowest BCUT2D eigenvalue weighted by Crippen LogP contribution is -2.30. The van der Waals surface area contributed by atoms with Crippen molar-refractivity contribution < 1.29 is 8.42 Å². The fourth-order valence-electron chi connectivity index (χ4n) is 3.33. The molecule has 0 fully saturated rings. The topological polar surface area (TPSA) is 139 Å². The van der Waals surface area contributed by atoms with E-state index in [2.05, 4.69) is 30.6 Å². The minimum absolute atomic E-state index is 0.0309. The standard InChI is InChI=1S/C19H28N8O2S/c1-21-15-16-14(17(20)26-18(15)22-2)25-19(23-3)27(16)11-10-24-30(28,29)12-9-13-7-5-4-6-8-13/h4-8,21,24H,9-12H2,1-3H3,(H,23,25)(H3,20,22,26). The molecule has 0 amide bonds. The van der Waals surface area contributed by atoms with Gasteiger partial charge in [-0.2, -0.15) is 0 Å². The summed E-state index contributed by atoms with van der Waals surface area (Å²) in [7, 11) is 1.89. The van der Waals surface area contributed by atoms with E-state index < -0.39 is 10.0 Å². The van der Waals surface area contributed by atoms with Gasteiger partial charge >= 0.3 is 0 Å². The number of benzene rings is 1. The second-order valence-corrected chi connectivity index (χ2v) is 8.63. The first-order chi connectivity index (χ1) is 14.4. The van der Waals surface area contributed by atoms with Crippen LogP contribution in [0.2, 0.25) is 0 Å². The van der Waals surface area contributed by atoms with Crippen molar-refractivity contribution in [3.05, 3.63) is 35.9 Å². The van der Waals surface area contributed by atoms with Crippen molar-refractivity contribution >= 4 is 44.3 Å². The molecule has 0 aliphatic rings. The Balaban J connectivity index is 1.79. The third-order valence-corrected chi connectivity index (χ3v) is 6.17. The molecule has 30 heavy (non-hydrogen) atoms. The molecule has 0 atom stereocenters. The van der Waals surface area contributed by atoms with Crippen LogP contribution in [-0.4, -0.2) is 56.4 Å². The lowest BCUT2D eigenvalue weighted by molar-refractivity contribution is 0.574. The number of pyridine rings is 1. The van der Waals surface area contributed by atoms with Crippen molar-refractivity contribution in [2.45, 2.75) is 13.0 Å². The van der Waals surface area contributed by atoms with Crippen molar-refractivity contribution in [2.24, 2.45) is 0 Å². The highest BCUT2D eigenvalue weighted by Crippen LogP contribution is 2.34. The van der Waals surface area contributed by atoms with Crippen LogP contribution in [0, 0.1) is 0 Å². The number of anilines is 4. The first-order valence-corrected chi connectivity index (χ1v) is 11.3. The molecule has 0 unspecified atom stereocenters. The number of rotatable bonds is 10. The van der Waals surface area contributed by atoms with Gasteiger partial charge in [-0.25, -0.2) is 23.1 Å². The number of hydrogen-bond acceptors (Lipinski definition) is 8. The number of hydrogen-bond donors (Lipinski definition) is 5. The molecule has 11 heteroatoms. The van der Waals surface area contributed by atoms with Crippen LogP contribution in [-0.2, 0) is 23.0 Å².